The van der Waals surface area contributed by atoms with Crippen LogP contribution in [0.15, 0.2) is 59.7 Å². The largest absolute Gasteiger partial charge is 0.495 e. The van der Waals surface area contributed by atoms with Gasteiger partial charge >= 0.3 is 0 Å². The van der Waals surface area contributed by atoms with Gasteiger partial charge in [-0.3, -0.25) is 4.90 Å². The van der Waals surface area contributed by atoms with E-state index in [1.807, 2.05) is 36.5 Å². The van der Waals surface area contributed by atoms with Crippen molar-refractivity contribution in [2.24, 2.45) is 0 Å². The summed E-state index contributed by atoms with van der Waals surface area (Å²) in [5.74, 6) is 3.01. The first kappa shape index (κ1) is 19.7. The van der Waals surface area contributed by atoms with Crippen molar-refractivity contribution in [3.8, 4) is 28.5 Å². The fourth-order valence-electron chi connectivity index (χ4n) is 3.72. The molecular weight excluding hydrogens is 414 g/mol. The molecule has 1 aromatic carbocycles. The second-order valence-electron chi connectivity index (χ2n) is 7.37. The maximum atomic E-state index is 6.25. The molecule has 4 heterocycles. The number of nitrogens with zero attached hydrogens (tertiary/aromatic N) is 5. The van der Waals surface area contributed by atoms with Gasteiger partial charge in [-0.1, -0.05) is 11.6 Å². The standard InChI is InChI=1S/C23H20ClN5O2/c1-30-22-4-2-15(8-19(22)24)21-5-3-18(31-21)13-29-7-6-20-17(12-29)11-27-23(28-20)16-9-25-14-26-10-16/h2-5,8-11,14H,6-7,12-13H2,1H3. The first-order valence-corrected chi connectivity index (χ1v) is 10.3. The van der Waals surface area contributed by atoms with E-state index in [0.717, 1.165) is 60.0 Å². The molecule has 5 rings (SSSR count). The third-order valence-electron chi connectivity index (χ3n) is 5.31. The van der Waals surface area contributed by atoms with Gasteiger partial charge in [0.25, 0.3) is 0 Å². The third kappa shape index (κ3) is 4.15. The van der Waals surface area contributed by atoms with Crippen LogP contribution in [0.1, 0.15) is 17.0 Å². The van der Waals surface area contributed by atoms with Gasteiger partial charge in [-0.15, -0.1) is 0 Å². The van der Waals surface area contributed by atoms with E-state index in [-0.39, 0.29) is 0 Å². The Hall–Kier alpha value is -3.29. The summed E-state index contributed by atoms with van der Waals surface area (Å²) in [6.07, 6.45) is 7.73. The first-order chi connectivity index (χ1) is 15.2. The Kier molecular flexibility index (Phi) is 5.36. The fraction of sp³-hybridized carbons (Fsp3) is 0.217. The van der Waals surface area contributed by atoms with Crippen molar-refractivity contribution < 1.29 is 9.15 Å². The Morgan fingerprint density at radius 3 is 2.77 bits per heavy atom. The number of furan rings is 1. The lowest BCUT2D eigenvalue weighted by molar-refractivity contribution is 0.224. The van der Waals surface area contributed by atoms with Crippen LogP contribution in [0, 0.1) is 0 Å². The number of hydrogen-bond acceptors (Lipinski definition) is 7. The number of aromatic nitrogens is 4. The van der Waals surface area contributed by atoms with Crippen molar-refractivity contribution in [2.75, 3.05) is 13.7 Å². The molecule has 0 radical (unpaired) electrons. The van der Waals surface area contributed by atoms with Crippen LogP contribution >= 0.6 is 11.6 Å². The van der Waals surface area contributed by atoms with Crippen molar-refractivity contribution in [3.05, 3.63) is 77.3 Å². The number of fused-ring (bicyclic) bond motifs is 1. The third-order valence-corrected chi connectivity index (χ3v) is 5.60. The Morgan fingerprint density at radius 1 is 1.10 bits per heavy atom. The van der Waals surface area contributed by atoms with Crippen LogP contribution < -0.4 is 4.74 Å². The lowest BCUT2D eigenvalue weighted by atomic mass is 10.1. The van der Waals surface area contributed by atoms with E-state index in [2.05, 4.69) is 19.9 Å². The summed E-state index contributed by atoms with van der Waals surface area (Å²) < 4.78 is 11.3. The molecule has 0 saturated heterocycles. The number of methoxy groups -OCH3 is 1. The molecule has 156 valence electrons. The van der Waals surface area contributed by atoms with Crippen molar-refractivity contribution in [3.63, 3.8) is 0 Å². The zero-order chi connectivity index (χ0) is 21.2. The van der Waals surface area contributed by atoms with Crippen molar-refractivity contribution in [2.45, 2.75) is 19.5 Å². The van der Waals surface area contributed by atoms with E-state index in [1.165, 1.54) is 6.33 Å². The SMILES string of the molecule is COc1ccc(-c2ccc(CN3CCc4nc(-c5cncnc5)ncc4C3)o2)cc1Cl. The number of rotatable bonds is 5. The van der Waals surface area contributed by atoms with E-state index in [1.54, 1.807) is 19.5 Å². The summed E-state index contributed by atoms with van der Waals surface area (Å²) in [4.78, 5) is 19.7. The van der Waals surface area contributed by atoms with E-state index >= 15 is 0 Å². The maximum Gasteiger partial charge on any atom is 0.162 e. The molecule has 0 fully saturated rings. The normalized spacial score (nSPS) is 13.7. The van der Waals surface area contributed by atoms with Gasteiger partial charge < -0.3 is 9.15 Å². The van der Waals surface area contributed by atoms with Crippen LogP contribution in [-0.4, -0.2) is 38.5 Å². The van der Waals surface area contributed by atoms with Gasteiger partial charge in [-0.2, -0.15) is 0 Å². The monoisotopic (exact) mass is 433 g/mol. The van der Waals surface area contributed by atoms with E-state index in [0.29, 0.717) is 16.6 Å². The molecule has 7 nitrogen and oxygen atoms in total. The molecule has 4 aromatic rings. The average Bonchev–Trinajstić information content (AvgIpc) is 3.27. The van der Waals surface area contributed by atoms with Crippen molar-refractivity contribution in [1.29, 1.82) is 0 Å². The molecule has 0 saturated carbocycles. The zero-order valence-electron chi connectivity index (χ0n) is 17.0. The molecule has 0 unspecified atom stereocenters. The topological polar surface area (TPSA) is 77.2 Å². The Balaban J connectivity index is 1.28. The molecule has 31 heavy (non-hydrogen) atoms. The Morgan fingerprint density at radius 2 is 1.97 bits per heavy atom. The quantitative estimate of drug-likeness (QED) is 0.461. The van der Waals surface area contributed by atoms with Gasteiger partial charge in [0.2, 0.25) is 0 Å². The molecule has 1 aliphatic rings. The molecule has 0 bridgehead atoms. The summed E-state index contributed by atoms with van der Waals surface area (Å²) in [5.41, 5.74) is 3.97. The van der Waals surface area contributed by atoms with Crippen molar-refractivity contribution >= 4 is 11.6 Å². The van der Waals surface area contributed by atoms with Crippen LogP contribution in [0.3, 0.4) is 0 Å². The van der Waals surface area contributed by atoms with Crippen LogP contribution in [0.25, 0.3) is 22.7 Å². The lowest BCUT2D eigenvalue weighted by Crippen LogP contribution is -2.30. The molecule has 0 spiro atoms. The minimum absolute atomic E-state index is 0.562. The Bertz CT molecular complexity index is 1210. The number of hydrogen-bond donors (Lipinski definition) is 0. The van der Waals surface area contributed by atoms with E-state index < -0.39 is 0 Å². The van der Waals surface area contributed by atoms with Crippen LogP contribution in [0.5, 0.6) is 5.75 Å². The van der Waals surface area contributed by atoms with Crippen LogP contribution in [-0.2, 0) is 19.5 Å². The van der Waals surface area contributed by atoms with Gasteiger partial charge in [0.15, 0.2) is 5.82 Å². The minimum Gasteiger partial charge on any atom is -0.495 e. The molecule has 0 amide bonds. The van der Waals surface area contributed by atoms with Gasteiger partial charge in [-0.05, 0) is 30.3 Å². The zero-order valence-corrected chi connectivity index (χ0v) is 17.7. The highest BCUT2D eigenvalue weighted by molar-refractivity contribution is 6.32. The van der Waals surface area contributed by atoms with Crippen molar-refractivity contribution in [1.82, 2.24) is 24.8 Å². The van der Waals surface area contributed by atoms with Crippen LogP contribution in [0.2, 0.25) is 5.02 Å². The molecule has 1 aliphatic heterocycles. The van der Waals surface area contributed by atoms with E-state index in [4.69, 9.17) is 25.7 Å². The highest BCUT2D eigenvalue weighted by Gasteiger charge is 2.20. The first-order valence-electron chi connectivity index (χ1n) is 9.95. The molecular formula is C23H20ClN5O2. The molecule has 0 atom stereocenters. The van der Waals surface area contributed by atoms with Crippen LogP contribution in [0.4, 0.5) is 0 Å². The average molecular weight is 434 g/mol. The van der Waals surface area contributed by atoms with E-state index in [9.17, 15) is 0 Å². The highest BCUT2D eigenvalue weighted by Crippen LogP contribution is 2.31. The molecule has 0 aliphatic carbocycles. The predicted octanol–water partition coefficient (Wildman–Crippen LogP) is 4.41. The summed E-state index contributed by atoms with van der Waals surface area (Å²) >= 11 is 6.25. The second kappa shape index (κ2) is 8.45. The fourth-order valence-corrected chi connectivity index (χ4v) is 3.98. The summed E-state index contributed by atoms with van der Waals surface area (Å²) in [5, 5.41) is 0.562. The smallest absolute Gasteiger partial charge is 0.162 e. The highest BCUT2D eigenvalue weighted by atomic mass is 35.5. The molecule has 8 heteroatoms. The summed E-state index contributed by atoms with van der Waals surface area (Å²) in [6, 6.07) is 9.63. The molecule has 3 aromatic heterocycles. The maximum absolute atomic E-state index is 6.25. The van der Waals surface area contributed by atoms with Gasteiger partial charge in [0.1, 0.15) is 23.6 Å². The summed E-state index contributed by atoms with van der Waals surface area (Å²) in [7, 11) is 1.60. The van der Waals surface area contributed by atoms with Gasteiger partial charge in [0, 0.05) is 49.2 Å². The number of halogens is 1. The molecule has 0 N–H and O–H groups in total. The summed E-state index contributed by atoms with van der Waals surface area (Å²) in [6.45, 7) is 2.40. The second-order valence-corrected chi connectivity index (χ2v) is 7.78. The van der Waals surface area contributed by atoms with Gasteiger partial charge in [0.05, 0.1) is 29.9 Å². The minimum atomic E-state index is 0.562. The number of ether oxygens (including phenoxy) is 1. The Labute approximate surface area is 184 Å². The number of benzene rings is 1. The van der Waals surface area contributed by atoms with Gasteiger partial charge in [-0.25, -0.2) is 19.9 Å². The predicted molar refractivity (Wildman–Crippen MR) is 117 cm³/mol. The lowest BCUT2D eigenvalue weighted by Gasteiger charge is -2.27.